The minimum atomic E-state index is -1.06. The number of ether oxygens (including phenoxy) is 2. The fraction of sp³-hybridized carbons (Fsp3) is 0.238. The SMILES string of the molecule is COc1cc2ncnc(Nc3cccc(-n4cc(C(C)(C)O)nn4)c3)c2cc1OC. The van der Waals surface area contributed by atoms with Crippen LogP contribution in [0.5, 0.6) is 11.5 Å². The third-order valence-electron chi connectivity index (χ3n) is 4.63. The van der Waals surface area contributed by atoms with Gasteiger partial charge in [0.25, 0.3) is 0 Å². The van der Waals surface area contributed by atoms with E-state index in [1.165, 1.54) is 6.33 Å². The Morgan fingerprint density at radius 3 is 2.50 bits per heavy atom. The van der Waals surface area contributed by atoms with Crippen molar-refractivity contribution in [2.75, 3.05) is 19.5 Å². The molecule has 0 spiro atoms. The molecule has 0 amide bonds. The van der Waals surface area contributed by atoms with Crippen molar-refractivity contribution in [2.45, 2.75) is 19.4 Å². The van der Waals surface area contributed by atoms with Gasteiger partial charge >= 0.3 is 0 Å². The molecule has 0 bridgehead atoms. The van der Waals surface area contributed by atoms with Crippen LogP contribution in [0.25, 0.3) is 16.6 Å². The van der Waals surface area contributed by atoms with Crippen LogP contribution in [-0.2, 0) is 5.60 Å². The predicted molar refractivity (Wildman–Crippen MR) is 113 cm³/mol. The zero-order valence-electron chi connectivity index (χ0n) is 17.1. The number of anilines is 2. The van der Waals surface area contributed by atoms with Crippen molar-refractivity contribution in [3.05, 3.63) is 54.6 Å². The van der Waals surface area contributed by atoms with Crippen molar-refractivity contribution in [2.24, 2.45) is 0 Å². The molecule has 0 radical (unpaired) electrons. The van der Waals surface area contributed by atoms with Gasteiger partial charge in [-0.15, -0.1) is 5.10 Å². The quantitative estimate of drug-likeness (QED) is 0.503. The van der Waals surface area contributed by atoms with E-state index in [0.717, 1.165) is 22.3 Å². The monoisotopic (exact) mass is 406 g/mol. The van der Waals surface area contributed by atoms with Crippen molar-refractivity contribution in [3.8, 4) is 17.2 Å². The van der Waals surface area contributed by atoms with E-state index in [1.54, 1.807) is 38.9 Å². The van der Waals surface area contributed by atoms with E-state index in [0.29, 0.717) is 23.0 Å². The first-order valence-corrected chi connectivity index (χ1v) is 9.28. The standard InChI is InChI=1S/C21H22N6O3/c1-21(2,28)19-11-27(26-25-19)14-7-5-6-13(8-14)24-20-15-9-17(29-3)18(30-4)10-16(15)22-12-23-20/h5-12,28H,1-4H3,(H,22,23,24). The van der Waals surface area contributed by atoms with Crippen molar-refractivity contribution in [1.29, 1.82) is 0 Å². The Bertz CT molecular complexity index is 1200. The molecule has 0 unspecified atom stereocenters. The molecule has 0 saturated heterocycles. The minimum absolute atomic E-state index is 0.490. The summed E-state index contributed by atoms with van der Waals surface area (Å²) in [5.41, 5.74) is 1.76. The molecule has 2 heterocycles. The number of hydrogen-bond acceptors (Lipinski definition) is 8. The molecule has 2 aromatic heterocycles. The molecule has 0 atom stereocenters. The largest absolute Gasteiger partial charge is 0.493 e. The minimum Gasteiger partial charge on any atom is -0.493 e. The molecule has 0 aliphatic heterocycles. The lowest BCUT2D eigenvalue weighted by atomic mass is 10.1. The lowest BCUT2D eigenvalue weighted by molar-refractivity contribution is 0.0737. The van der Waals surface area contributed by atoms with Gasteiger partial charge in [-0.25, -0.2) is 14.6 Å². The highest BCUT2D eigenvalue weighted by Gasteiger charge is 2.20. The predicted octanol–water partition coefficient (Wildman–Crippen LogP) is 3.20. The van der Waals surface area contributed by atoms with Crippen LogP contribution < -0.4 is 14.8 Å². The van der Waals surface area contributed by atoms with Crippen LogP contribution >= 0.6 is 0 Å². The number of rotatable bonds is 6. The van der Waals surface area contributed by atoms with Gasteiger partial charge in [0.2, 0.25) is 0 Å². The average Bonchev–Trinajstić information content (AvgIpc) is 3.24. The van der Waals surface area contributed by atoms with Crippen LogP contribution in [0, 0.1) is 0 Å². The van der Waals surface area contributed by atoms with Gasteiger partial charge < -0.3 is 19.9 Å². The van der Waals surface area contributed by atoms with E-state index in [1.807, 2.05) is 36.4 Å². The van der Waals surface area contributed by atoms with Gasteiger partial charge in [0.05, 0.1) is 31.6 Å². The van der Waals surface area contributed by atoms with Crippen molar-refractivity contribution >= 4 is 22.4 Å². The molecular weight excluding hydrogens is 384 g/mol. The zero-order valence-corrected chi connectivity index (χ0v) is 17.1. The van der Waals surface area contributed by atoms with Crippen LogP contribution in [-0.4, -0.2) is 44.3 Å². The maximum atomic E-state index is 10.1. The third-order valence-corrected chi connectivity index (χ3v) is 4.63. The van der Waals surface area contributed by atoms with E-state index >= 15 is 0 Å². The highest BCUT2D eigenvalue weighted by atomic mass is 16.5. The van der Waals surface area contributed by atoms with E-state index in [-0.39, 0.29) is 0 Å². The van der Waals surface area contributed by atoms with Gasteiger partial charge in [0.15, 0.2) is 11.5 Å². The summed E-state index contributed by atoms with van der Waals surface area (Å²) in [7, 11) is 3.17. The van der Waals surface area contributed by atoms with Crippen LogP contribution in [0.15, 0.2) is 48.9 Å². The first kappa shape index (κ1) is 19.6. The number of aliphatic hydroxyl groups is 1. The summed E-state index contributed by atoms with van der Waals surface area (Å²) >= 11 is 0. The van der Waals surface area contributed by atoms with Crippen LogP contribution in [0.4, 0.5) is 11.5 Å². The molecule has 0 aliphatic carbocycles. The van der Waals surface area contributed by atoms with E-state index in [4.69, 9.17) is 9.47 Å². The Morgan fingerprint density at radius 1 is 1.03 bits per heavy atom. The number of benzene rings is 2. The summed E-state index contributed by atoms with van der Waals surface area (Å²) in [4.78, 5) is 8.71. The number of fused-ring (bicyclic) bond motifs is 1. The molecule has 4 rings (SSSR count). The second-order valence-electron chi connectivity index (χ2n) is 7.23. The van der Waals surface area contributed by atoms with Gasteiger partial charge in [0, 0.05) is 17.1 Å². The molecule has 2 N–H and O–H groups in total. The zero-order chi connectivity index (χ0) is 21.3. The molecule has 0 saturated carbocycles. The molecule has 0 fully saturated rings. The molecular formula is C21H22N6O3. The lowest BCUT2D eigenvalue weighted by Gasteiger charge is -2.13. The fourth-order valence-electron chi connectivity index (χ4n) is 3.02. The number of methoxy groups -OCH3 is 2. The number of nitrogens with one attached hydrogen (secondary N) is 1. The smallest absolute Gasteiger partial charge is 0.162 e. The Labute approximate surface area is 173 Å². The van der Waals surface area contributed by atoms with Crippen LogP contribution in [0.2, 0.25) is 0 Å². The van der Waals surface area contributed by atoms with Gasteiger partial charge in [0.1, 0.15) is 23.4 Å². The van der Waals surface area contributed by atoms with Crippen molar-refractivity contribution in [3.63, 3.8) is 0 Å². The van der Waals surface area contributed by atoms with Gasteiger partial charge in [-0.3, -0.25) is 0 Å². The van der Waals surface area contributed by atoms with Crippen LogP contribution in [0.1, 0.15) is 19.5 Å². The summed E-state index contributed by atoms with van der Waals surface area (Å²) in [6.07, 6.45) is 3.20. The number of aromatic nitrogens is 5. The molecule has 2 aromatic carbocycles. The van der Waals surface area contributed by atoms with E-state index in [2.05, 4.69) is 25.6 Å². The summed E-state index contributed by atoms with van der Waals surface area (Å²) in [6.45, 7) is 3.34. The third kappa shape index (κ3) is 3.74. The second-order valence-corrected chi connectivity index (χ2v) is 7.23. The Hall–Kier alpha value is -3.72. The highest BCUT2D eigenvalue weighted by Crippen LogP contribution is 2.34. The summed E-state index contributed by atoms with van der Waals surface area (Å²) < 4.78 is 12.4. The Kier molecular flexibility index (Phi) is 4.96. The van der Waals surface area contributed by atoms with Gasteiger partial charge in [-0.1, -0.05) is 11.3 Å². The second kappa shape index (κ2) is 7.60. The molecule has 4 aromatic rings. The van der Waals surface area contributed by atoms with Gasteiger partial charge in [-0.2, -0.15) is 0 Å². The maximum Gasteiger partial charge on any atom is 0.162 e. The molecule has 154 valence electrons. The maximum absolute atomic E-state index is 10.1. The first-order chi connectivity index (χ1) is 14.4. The first-order valence-electron chi connectivity index (χ1n) is 9.28. The van der Waals surface area contributed by atoms with E-state index in [9.17, 15) is 5.11 Å². The summed E-state index contributed by atoms with van der Waals surface area (Å²) in [5.74, 6) is 1.83. The summed E-state index contributed by atoms with van der Waals surface area (Å²) in [5, 5.41) is 22.4. The molecule has 0 aliphatic rings. The van der Waals surface area contributed by atoms with E-state index < -0.39 is 5.60 Å². The lowest BCUT2D eigenvalue weighted by Crippen LogP contribution is -2.15. The highest BCUT2D eigenvalue weighted by molar-refractivity contribution is 5.93. The fourth-order valence-corrected chi connectivity index (χ4v) is 3.02. The Balaban J connectivity index is 1.69. The summed E-state index contributed by atoms with van der Waals surface area (Å²) in [6, 6.07) is 11.3. The normalized spacial score (nSPS) is 11.5. The average molecular weight is 406 g/mol. The van der Waals surface area contributed by atoms with Crippen molar-refractivity contribution < 1.29 is 14.6 Å². The number of nitrogens with zero attached hydrogens (tertiary/aromatic N) is 5. The molecule has 30 heavy (non-hydrogen) atoms. The number of hydrogen-bond donors (Lipinski definition) is 2. The topological polar surface area (TPSA) is 107 Å². The molecule has 9 heteroatoms. The van der Waals surface area contributed by atoms with Crippen LogP contribution in [0.3, 0.4) is 0 Å². The van der Waals surface area contributed by atoms with Crippen molar-refractivity contribution in [1.82, 2.24) is 25.0 Å². The van der Waals surface area contributed by atoms with Gasteiger partial charge in [-0.05, 0) is 38.1 Å². The Morgan fingerprint density at radius 2 is 1.80 bits per heavy atom. The molecule has 9 nitrogen and oxygen atoms in total.